The molecule has 1 atom stereocenters. The molecule has 1 aromatic heterocycles. The van der Waals surface area contributed by atoms with Crippen molar-refractivity contribution in [1.82, 2.24) is 10.5 Å². The molecule has 27 heavy (non-hydrogen) atoms. The lowest BCUT2D eigenvalue weighted by Crippen LogP contribution is -2.29. The fraction of sp³-hybridized carbons (Fsp3) is 0.412. The number of amides is 1. The second kappa shape index (κ2) is 8.66. The number of ether oxygens (including phenoxy) is 2. The molecule has 146 valence electrons. The number of halogens is 3. The zero-order valence-electron chi connectivity index (χ0n) is 14.1. The van der Waals surface area contributed by atoms with Crippen LogP contribution in [0, 0.1) is 5.92 Å². The van der Waals surface area contributed by atoms with E-state index in [0.717, 1.165) is 6.42 Å². The van der Waals surface area contributed by atoms with Gasteiger partial charge in [0.1, 0.15) is 12.4 Å². The van der Waals surface area contributed by atoms with E-state index in [2.05, 4.69) is 10.5 Å². The predicted octanol–water partition coefficient (Wildman–Crippen LogP) is 3.63. The van der Waals surface area contributed by atoms with Gasteiger partial charge < -0.3 is 19.3 Å². The van der Waals surface area contributed by atoms with E-state index in [-0.39, 0.29) is 40.6 Å². The summed E-state index contributed by atoms with van der Waals surface area (Å²) in [4.78, 5) is 12.1. The topological polar surface area (TPSA) is 73.6 Å². The van der Waals surface area contributed by atoms with E-state index >= 15 is 0 Å². The molecule has 1 N–H and O–H groups in total. The highest BCUT2D eigenvalue weighted by molar-refractivity contribution is 8.00. The fourth-order valence-corrected chi connectivity index (χ4v) is 3.06. The largest absolute Gasteiger partial charge is 0.486 e. The second-order valence-corrected chi connectivity index (χ2v) is 7.07. The number of carbonyl (C=O) groups excluding carboxylic acids is 1. The lowest BCUT2D eigenvalue weighted by Gasteiger charge is -2.08. The Bertz CT molecular complexity index is 776. The molecular weight excluding hydrogens is 385 g/mol. The van der Waals surface area contributed by atoms with Crippen molar-refractivity contribution in [2.24, 2.45) is 5.92 Å². The van der Waals surface area contributed by atoms with Gasteiger partial charge in [-0.05, 0) is 36.4 Å². The number of rotatable bonds is 7. The average molecular weight is 402 g/mol. The molecule has 1 amide bonds. The van der Waals surface area contributed by atoms with Gasteiger partial charge in [-0.25, -0.2) is 0 Å². The molecule has 2 aromatic rings. The van der Waals surface area contributed by atoms with Crippen molar-refractivity contribution in [3.8, 4) is 5.75 Å². The predicted molar refractivity (Wildman–Crippen MR) is 90.4 cm³/mol. The van der Waals surface area contributed by atoms with Gasteiger partial charge in [0.15, 0.2) is 11.5 Å². The summed E-state index contributed by atoms with van der Waals surface area (Å²) in [6, 6.07) is 7.07. The van der Waals surface area contributed by atoms with Crippen LogP contribution in [0.5, 0.6) is 5.75 Å². The van der Waals surface area contributed by atoms with Crippen LogP contribution in [0.15, 0.2) is 39.8 Å². The Balaban J connectivity index is 1.50. The minimum Gasteiger partial charge on any atom is -0.486 e. The van der Waals surface area contributed by atoms with E-state index < -0.39 is 5.51 Å². The highest BCUT2D eigenvalue weighted by atomic mass is 32.2. The molecule has 3 rings (SSSR count). The number of aromatic nitrogens is 1. The van der Waals surface area contributed by atoms with Crippen LogP contribution in [-0.4, -0.2) is 36.3 Å². The van der Waals surface area contributed by atoms with Crippen LogP contribution >= 0.6 is 11.8 Å². The van der Waals surface area contributed by atoms with Gasteiger partial charge in [-0.3, -0.25) is 4.79 Å². The maximum Gasteiger partial charge on any atom is 0.446 e. The first-order valence-corrected chi connectivity index (χ1v) is 9.01. The zero-order chi connectivity index (χ0) is 19.3. The third-order valence-corrected chi connectivity index (χ3v) is 4.51. The van der Waals surface area contributed by atoms with Crippen molar-refractivity contribution in [2.45, 2.75) is 23.4 Å². The summed E-state index contributed by atoms with van der Waals surface area (Å²) >= 11 is -0.217. The summed E-state index contributed by atoms with van der Waals surface area (Å²) in [7, 11) is 0. The van der Waals surface area contributed by atoms with E-state index in [0.29, 0.717) is 31.4 Å². The molecule has 0 saturated carbocycles. The molecule has 1 aromatic carbocycles. The molecule has 0 radical (unpaired) electrons. The number of hydrogen-bond donors (Lipinski definition) is 1. The van der Waals surface area contributed by atoms with Gasteiger partial charge in [-0.1, -0.05) is 11.2 Å². The van der Waals surface area contributed by atoms with Crippen molar-refractivity contribution in [2.75, 3.05) is 19.8 Å². The maximum absolute atomic E-state index is 12.4. The highest BCUT2D eigenvalue weighted by Crippen LogP contribution is 2.37. The van der Waals surface area contributed by atoms with Gasteiger partial charge in [-0.15, -0.1) is 0 Å². The summed E-state index contributed by atoms with van der Waals surface area (Å²) in [5.41, 5.74) is -4.25. The standard InChI is InChI=1S/C17H17F3N2O4S/c18-17(19,20)27-14-3-1-2-12(6-14)25-10-13-7-15(22-26-13)16(23)21-8-11-4-5-24-9-11/h1-3,6-7,11H,4-5,8-10H2,(H,21,23). The quantitative estimate of drug-likeness (QED) is 0.713. The Morgan fingerprint density at radius 3 is 2.96 bits per heavy atom. The van der Waals surface area contributed by atoms with E-state index in [1.54, 1.807) is 0 Å². The molecule has 0 bridgehead atoms. The van der Waals surface area contributed by atoms with E-state index in [1.165, 1.54) is 30.3 Å². The van der Waals surface area contributed by atoms with Gasteiger partial charge in [0.2, 0.25) is 0 Å². The van der Waals surface area contributed by atoms with Crippen LogP contribution in [-0.2, 0) is 11.3 Å². The number of carbonyl (C=O) groups is 1. The van der Waals surface area contributed by atoms with Crippen LogP contribution in [0.2, 0.25) is 0 Å². The molecule has 2 heterocycles. The Labute approximate surface area is 157 Å². The molecule has 0 aliphatic carbocycles. The molecule has 6 nitrogen and oxygen atoms in total. The van der Waals surface area contributed by atoms with Gasteiger partial charge in [0, 0.05) is 30.0 Å². The van der Waals surface area contributed by atoms with Gasteiger partial charge in [-0.2, -0.15) is 13.2 Å². The van der Waals surface area contributed by atoms with Crippen LogP contribution in [0.3, 0.4) is 0 Å². The van der Waals surface area contributed by atoms with Crippen LogP contribution < -0.4 is 10.1 Å². The molecule has 1 aliphatic rings. The third kappa shape index (κ3) is 6.17. The smallest absolute Gasteiger partial charge is 0.446 e. The molecule has 1 saturated heterocycles. The van der Waals surface area contributed by atoms with E-state index in [9.17, 15) is 18.0 Å². The van der Waals surface area contributed by atoms with Gasteiger partial charge in [0.25, 0.3) is 5.91 Å². The van der Waals surface area contributed by atoms with Crippen molar-refractivity contribution in [3.05, 3.63) is 41.8 Å². The Morgan fingerprint density at radius 1 is 1.37 bits per heavy atom. The molecule has 1 unspecified atom stereocenters. The normalized spacial score (nSPS) is 17.1. The lowest BCUT2D eigenvalue weighted by molar-refractivity contribution is -0.0328. The maximum atomic E-state index is 12.4. The average Bonchev–Trinajstić information content (AvgIpc) is 3.28. The first kappa shape index (κ1) is 19.6. The summed E-state index contributed by atoms with van der Waals surface area (Å²) in [5, 5.41) is 6.45. The summed E-state index contributed by atoms with van der Waals surface area (Å²) in [6.45, 7) is 1.77. The summed E-state index contributed by atoms with van der Waals surface area (Å²) in [6.07, 6.45) is 0.907. The number of hydrogen-bond acceptors (Lipinski definition) is 6. The lowest BCUT2D eigenvalue weighted by atomic mass is 10.1. The van der Waals surface area contributed by atoms with Gasteiger partial charge >= 0.3 is 5.51 Å². The number of thioether (sulfide) groups is 1. The minimum atomic E-state index is -4.36. The Hall–Kier alpha value is -2.20. The number of alkyl halides is 3. The number of nitrogens with zero attached hydrogens (tertiary/aromatic N) is 1. The molecule has 1 fully saturated rings. The Morgan fingerprint density at radius 2 is 2.22 bits per heavy atom. The Kier molecular flexibility index (Phi) is 6.27. The van der Waals surface area contributed by atoms with Crippen molar-refractivity contribution >= 4 is 17.7 Å². The minimum absolute atomic E-state index is 0.0218. The second-order valence-electron chi connectivity index (χ2n) is 5.93. The monoisotopic (exact) mass is 402 g/mol. The SMILES string of the molecule is O=C(NCC1CCOC1)c1cc(COc2cccc(SC(F)(F)F)c2)on1. The van der Waals surface area contributed by atoms with Crippen LogP contribution in [0.4, 0.5) is 13.2 Å². The third-order valence-electron chi connectivity index (χ3n) is 3.79. The summed E-state index contributed by atoms with van der Waals surface area (Å²) < 4.78 is 53.0. The van der Waals surface area contributed by atoms with Crippen LogP contribution in [0.25, 0.3) is 0 Å². The first-order chi connectivity index (χ1) is 12.9. The molecule has 0 spiro atoms. The van der Waals surface area contributed by atoms with E-state index in [4.69, 9.17) is 14.0 Å². The van der Waals surface area contributed by atoms with E-state index in [1.807, 2.05) is 0 Å². The fourth-order valence-electron chi connectivity index (χ4n) is 2.48. The van der Waals surface area contributed by atoms with Crippen molar-refractivity contribution in [3.63, 3.8) is 0 Å². The number of nitrogens with one attached hydrogen (secondary N) is 1. The molecular formula is C17H17F3N2O4S. The van der Waals surface area contributed by atoms with Crippen molar-refractivity contribution in [1.29, 1.82) is 0 Å². The van der Waals surface area contributed by atoms with Gasteiger partial charge in [0.05, 0.1) is 6.61 Å². The highest BCUT2D eigenvalue weighted by Gasteiger charge is 2.29. The zero-order valence-corrected chi connectivity index (χ0v) is 14.9. The molecule has 1 aliphatic heterocycles. The molecule has 10 heteroatoms. The number of benzene rings is 1. The van der Waals surface area contributed by atoms with Crippen LogP contribution in [0.1, 0.15) is 22.7 Å². The summed E-state index contributed by atoms with van der Waals surface area (Å²) in [5.74, 6) is 0.483. The van der Waals surface area contributed by atoms with Crippen molar-refractivity contribution < 1.29 is 32.0 Å². The first-order valence-electron chi connectivity index (χ1n) is 8.19.